The number of nitrogens with zero attached hydrogens (tertiary/aromatic N) is 2. The van der Waals surface area contributed by atoms with E-state index in [1.165, 1.54) is 0 Å². The summed E-state index contributed by atoms with van der Waals surface area (Å²) in [6, 6.07) is 5.99. The average molecular weight is 258 g/mol. The summed E-state index contributed by atoms with van der Waals surface area (Å²) in [7, 11) is 5.23. The van der Waals surface area contributed by atoms with Crippen molar-refractivity contribution in [3.8, 4) is 17.6 Å². The smallest absolute Gasteiger partial charge is 0.146 e. The van der Waals surface area contributed by atoms with Crippen LogP contribution in [0.5, 0.6) is 11.5 Å². The Kier molecular flexibility index (Phi) is 3.15. The Labute approximate surface area is 113 Å². The van der Waals surface area contributed by atoms with E-state index in [9.17, 15) is 0 Å². The maximum absolute atomic E-state index is 8.97. The van der Waals surface area contributed by atoms with Crippen molar-refractivity contribution in [3.05, 3.63) is 29.5 Å². The van der Waals surface area contributed by atoms with E-state index in [-0.39, 0.29) is 5.41 Å². The monoisotopic (exact) mass is 258 g/mol. The van der Waals surface area contributed by atoms with Crippen LogP contribution in [0.1, 0.15) is 19.4 Å². The Balaban J connectivity index is 2.74. The van der Waals surface area contributed by atoms with E-state index in [4.69, 9.17) is 14.7 Å². The second kappa shape index (κ2) is 4.51. The summed E-state index contributed by atoms with van der Waals surface area (Å²) >= 11 is 0. The van der Waals surface area contributed by atoms with Crippen LogP contribution in [0.15, 0.2) is 23.9 Å². The summed E-state index contributed by atoms with van der Waals surface area (Å²) in [6.45, 7) is 4.19. The van der Waals surface area contributed by atoms with E-state index in [1.54, 1.807) is 20.3 Å². The number of anilines is 1. The molecule has 1 aliphatic heterocycles. The molecule has 0 atom stereocenters. The normalized spacial score (nSPS) is 18.1. The van der Waals surface area contributed by atoms with Crippen molar-refractivity contribution in [1.29, 1.82) is 5.26 Å². The summed E-state index contributed by atoms with van der Waals surface area (Å²) in [5.74, 6) is 1.52. The van der Waals surface area contributed by atoms with Crippen molar-refractivity contribution < 1.29 is 9.47 Å². The lowest BCUT2D eigenvalue weighted by molar-refractivity contribution is 0.394. The van der Waals surface area contributed by atoms with Gasteiger partial charge in [0.2, 0.25) is 0 Å². The zero-order valence-electron chi connectivity index (χ0n) is 11.9. The Morgan fingerprint density at radius 1 is 1.26 bits per heavy atom. The number of benzene rings is 1. The topological polar surface area (TPSA) is 45.5 Å². The third kappa shape index (κ3) is 1.82. The number of ether oxygens (including phenoxy) is 2. The van der Waals surface area contributed by atoms with Crippen molar-refractivity contribution >= 4 is 5.69 Å². The van der Waals surface area contributed by atoms with Crippen molar-refractivity contribution in [2.45, 2.75) is 19.3 Å². The van der Waals surface area contributed by atoms with Gasteiger partial charge in [0.05, 0.1) is 26.0 Å². The molecular weight excluding hydrogens is 240 g/mol. The molecule has 0 N–H and O–H groups in total. The van der Waals surface area contributed by atoms with Gasteiger partial charge in [0.25, 0.3) is 0 Å². The largest absolute Gasteiger partial charge is 0.497 e. The van der Waals surface area contributed by atoms with Gasteiger partial charge in [-0.05, 0) is 11.6 Å². The standard InChI is InChI=1S/C15H18N2O2/c1-15(2)11-8-10(18-4)9-12(19-5)14(11)17(3)13(15)6-7-16/h6,8-9H,1-5H3. The number of hydrogen-bond acceptors (Lipinski definition) is 4. The lowest BCUT2D eigenvalue weighted by Gasteiger charge is -2.22. The zero-order chi connectivity index (χ0) is 14.2. The summed E-state index contributed by atoms with van der Waals surface area (Å²) in [5.41, 5.74) is 2.81. The maximum atomic E-state index is 8.97. The van der Waals surface area contributed by atoms with Gasteiger partial charge in [-0.2, -0.15) is 5.26 Å². The van der Waals surface area contributed by atoms with E-state index >= 15 is 0 Å². The molecule has 0 saturated heterocycles. The lowest BCUT2D eigenvalue weighted by Crippen LogP contribution is -2.22. The second-order valence-corrected chi connectivity index (χ2v) is 5.07. The molecule has 2 rings (SSSR count). The average Bonchev–Trinajstić information content (AvgIpc) is 2.59. The SMILES string of the molecule is COc1cc(OC)c2c(c1)C(C)(C)C(=CC#N)N2C. The molecule has 100 valence electrons. The number of methoxy groups -OCH3 is 2. The molecular formula is C15H18N2O2. The molecule has 4 heteroatoms. The molecule has 0 bridgehead atoms. The predicted octanol–water partition coefficient (Wildman–Crippen LogP) is 2.84. The maximum Gasteiger partial charge on any atom is 0.146 e. The highest BCUT2D eigenvalue weighted by Crippen LogP contribution is 2.52. The first-order valence-corrected chi connectivity index (χ1v) is 6.07. The fraction of sp³-hybridized carbons (Fsp3) is 0.400. The van der Waals surface area contributed by atoms with Gasteiger partial charge in [-0.15, -0.1) is 0 Å². The minimum Gasteiger partial charge on any atom is -0.497 e. The van der Waals surface area contributed by atoms with E-state index in [2.05, 4.69) is 19.9 Å². The third-order valence-electron chi connectivity index (χ3n) is 3.72. The van der Waals surface area contributed by atoms with Crippen LogP contribution in [0.4, 0.5) is 5.69 Å². The number of fused-ring (bicyclic) bond motifs is 1. The first-order chi connectivity index (χ1) is 8.97. The molecule has 1 aliphatic rings. The summed E-state index contributed by atoms with van der Waals surface area (Å²) < 4.78 is 10.8. The molecule has 1 heterocycles. The first-order valence-electron chi connectivity index (χ1n) is 6.07. The zero-order valence-corrected chi connectivity index (χ0v) is 11.9. The first kappa shape index (κ1) is 13.3. The van der Waals surface area contributed by atoms with Gasteiger partial charge >= 0.3 is 0 Å². The van der Waals surface area contributed by atoms with Crippen LogP contribution in [0.25, 0.3) is 0 Å². The van der Waals surface area contributed by atoms with Crippen LogP contribution in [-0.2, 0) is 5.41 Å². The van der Waals surface area contributed by atoms with Crippen molar-refractivity contribution in [2.24, 2.45) is 0 Å². The quantitative estimate of drug-likeness (QED) is 0.765. The van der Waals surface area contributed by atoms with Crippen molar-refractivity contribution in [2.75, 3.05) is 26.2 Å². The molecule has 1 aromatic rings. The van der Waals surface area contributed by atoms with Gasteiger partial charge in [-0.1, -0.05) is 13.8 Å². The molecule has 4 nitrogen and oxygen atoms in total. The Hall–Kier alpha value is -2.15. The van der Waals surface area contributed by atoms with Crippen LogP contribution in [0.3, 0.4) is 0 Å². The van der Waals surface area contributed by atoms with Gasteiger partial charge in [-0.3, -0.25) is 0 Å². The molecule has 0 unspecified atom stereocenters. The van der Waals surface area contributed by atoms with Gasteiger partial charge < -0.3 is 14.4 Å². The van der Waals surface area contributed by atoms with Crippen LogP contribution in [-0.4, -0.2) is 21.3 Å². The Morgan fingerprint density at radius 2 is 1.95 bits per heavy atom. The Bertz CT molecular complexity index is 583. The summed E-state index contributed by atoms with van der Waals surface area (Å²) in [4.78, 5) is 2.01. The number of likely N-dealkylation sites (N-methyl/N-ethyl adjacent to an activating group) is 1. The Morgan fingerprint density at radius 3 is 2.47 bits per heavy atom. The molecule has 0 fully saturated rings. The second-order valence-electron chi connectivity index (χ2n) is 5.07. The number of rotatable bonds is 2. The van der Waals surface area contributed by atoms with E-state index in [0.717, 1.165) is 28.4 Å². The molecule has 0 aliphatic carbocycles. The molecule has 0 saturated carbocycles. The van der Waals surface area contributed by atoms with Gasteiger partial charge in [0.15, 0.2) is 0 Å². The predicted molar refractivity (Wildman–Crippen MR) is 74.7 cm³/mol. The molecule has 0 aromatic heterocycles. The lowest BCUT2D eigenvalue weighted by atomic mass is 9.83. The van der Waals surface area contributed by atoms with Crippen molar-refractivity contribution in [1.82, 2.24) is 0 Å². The minimum absolute atomic E-state index is 0.248. The highest BCUT2D eigenvalue weighted by Gasteiger charge is 2.41. The minimum atomic E-state index is -0.248. The fourth-order valence-electron chi connectivity index (χ4n) is 2.69. The van der Waals surface area contributed by atoms with E-state index in [1.807, 2.05) is 24.1 Å². The molecule has 0 amide bonds. The third-order valence-corrected chi connectivity index (χ3v) is 3.72. The molecule has 19 heavy (non-hydrogen) atoms. The van der Waals surface area contributed by atoms with E-state index in [0.29, 0.717) is 0 Å². The van der Waals surface area contributed by atoms with Crippen LogP contribution in [0.2, 0.25) is 0 Å². The van der Waals surface area contributed by atoms with Crippen LogP contribution >= 0.6 is 0 Å². The number of allylic oxidation sites excluding steroid dienone is 2. The molecule has 0 radical (unpaired) electrons. The van der Waals surface area contributed by atoms with Crippen LogP contribution in [0, 0.1) is 11.3 Å². The summed E-state index contributed by atoms with van der Waals surface area (Å²) in [5, 5.41) is 8.97. The highest BCUT2D eigenvalue weighted by molar-refractivity contribution is 5.77. The number of nitriles is 1. The van der Waals surface area contributed by atoms with Crippen LogP contribution < -0.4 is 14.4 Å². The van der Waals surface area contributed by atoms with Gasteiger partial charge in [-0.25, -0.2) is 0 Å². The molecule has 1 aromatic carbocycles. The molecule has 0 spiro atoms. The highest BCUT2D eigenvalue weighted by atomic mass is 16.5. The van der Waals surface area contributed by atoms with Gasteiger partial charge in [0.1, 0.15) is 11.5 Å². The van der Waals surface area contributed by atoms with E-state index < -0.39 is 0 Å². The van der Waals surface area contributed by atoms with Gasteiger partial charge in [0, 0.05) is 30.3 Å². The van der Waals surface area contributed by atoms with Crippen molar-refractivity contribution in [3.63, 3.8) is 0 Å². The summed E-state index contributed by atoms with van der Waals surface area (Å²) in [6.07, 6.45) is 1.59. The number of hydrogen-bond donors (Lipinski definition) is 0. The fourth-order valence-corrected chi connectivity index (χ4v) is 2.69.